The molecular weight excluding hydrogens is 366 g/mol. The summed E-state index contributed by atoms with van der Waals surface area (Å²) in [6.07, 6.45) is 5.18. The molecule has 1 heterocycles. The van der Waals surface area contributed by atoms with E-state index in [2.05, 4.69) is 9.71 Å². The number of nitrogens with one attached hydrogen (secondary N) is 1. The number of nitrogens with zero attached hydrogens (tertiary/aromatic N) is 2. The van der Waals surface area contributed by atoms with Gasteiger partial charge < -0.3 is 5.11 Å². The lowest BCUT2D eigenvalue weighted by Gasteiger charge is -2.42. The lowest BCUT2D eigenvalue weighted by Crippen LogP contribution is -2.55. The average Bonchev–Trinajstić information content (AvgIpc) is 3.40. The van der Waals surface area contributed by atoms with Crippen molar-refractivity contribution in [2.45, 2.75) is 42.7 Å². The summed E-state index contributed by atoms with van der Waals surface area (Å²) < 4.78 is 28.4. The molecule has 7 nitrogen and oxygen atoms in total. The Morgan fingerprint density at radius 1 is 1.22 bits per heavy atom. The van der Waals surface area contributed by atoms with E-state index in [-0.39, 0.29) is 23.5 Å². The van der Waals surface area contributed by atoms with Gasteiger partial charge in [-0.15, -0.1) is 0 Å². The van der Waals surface area contributed by atoms with Crippen LogP contribution in [0.4, 0.5) is 0 Å². The summed E-state index contributed by atoms with van der Waals surface area (Å²) in [5.74, 6) is -0.233. The molecule has 2 fully saturated rings. The fourth-order valence-electron chi connectivity index (χ4n) is 3.71. The molecule has 0 saturated heterocycles. The first-order valence-corrected chi connectivity index (χ1v) is 10.7. The van der Waals surface area contributed by atoms with Crippen molar-refractivity contribution in [2.75, 3.05) is 13.1 Å². The summed E-state index contributed by atoms with van der Waals surface area (Å²) in [4.78, 5) is 17.5. The van der Waals surface area contributed by atoms with Crippen LogP contribution >= 0.6 is 0 Å². The van der Waals surface area contributed by atoms with Gasteiger partial charge in [-0.3, -0.25) is 14.7 Å². The molecule has 1 aromatic heterocycles. The molecule has 4 rings (SSSR count). The van der Waals surface area contributed by atoms with Gasteiger partial charge >= 0.3 is 5.97 Å². The number of aromatic nitrogens is 1. The average molecular weight is 389 g/mol. The maximum atomic E-state index is 12.8. The van der Waals surface area contributed by atoms with Crippen LogP contribution in [-0.2, 0) is 14.8 Å². The maximum Gasteiger partial charge on any atom is 0.317 e. The monoisotopic (exact) mass is 389 g/mol. The maximum absolute atomic E-state index is 12.8. The Bertz CT molecular complexity index is 947. The molecule has 144 valence electrons. The normalized spacial score (nSPS) is 22.7. The largest absolute Gasteiger partial charge is 0.480 e. The van der Waals surface area contributed by atoms with Gasteiger partial charge in [0.25, 0.3) is 0 Å². The van der Waals surface area contributed by atoms with Crippen LogP contribution in [0.3, 0.4) is 0 Å². The Labute approximate surface area is 158 Å². The fraction of sp³-hybridized carbons (Fsp3) is 0.474. The van der Waals surface area contributed by atoms with Crippen LogP contribution in [-0.4, -0.2) is 54.6 Å². The third kappa shape index (κ3) is 4.12. The third-order valence-corrected chi connectivity index (χ3v) is 6.92. The Morgan fingerprint density at radius 2 is 1.96 bits per heavy atom. The molecule has 2 aliphatic rings. The number of benzene rings is 1. The lowest BCUT2D eigenvalue weighted by atomic mass is 9.86. The Kier molecular flexibility index (Phi) is 4.88. The Hall–Kier alpha value is -2.03. The van der Waals surface area contributed by atoms with Gasteiger partial charge in [0.15, 0.2) is 0 Å². The van der Waals surface area contributed by atoms with Crippen molar-refractivity contribution < 1.29 is 18.3 Å². The number of para-hydroxylation sites is 1. The van der Waals surface area contributed by atoms with E-state index >= 15 is 0 Å². The van der Waals surface area contributed by atoms with E-state index in [1.807, 2.05) is 17.0 Å². The number of carboxylic acids is 1. The van der Waals surface area contributed by atoms with Crippen LogP contribution in [0.1, 0.15) is 25.7 Å². The molecule has 0 radical (unpaired) electrons. The number of hydrogen-bond donors (Lipinski definition) is 2. The van der Waals surface area contributed by atoms with Crippen LogP contribution in [0.5, 0.6) is 0 Å². The van der Waals surface area contributed by atoms with Crippen molar-refractivity contribution in [3.05, 3.63) is 36.5 Å². The number of fused-ring (bicyclic) bond motifs is 1. The molecule has 2 aliphatic carbocycles. The van der Waals surface area contributed by atoms with Crippen LogP contribution in [0.25, 0.3) is 10.9 Å². The van der Waals surface area contributed by atoms with Crippen molar-refractivity contribution in [1.82, 2.24) is 14.6 Å². The first-order valence-electron chi connectivity index (χ1n) is 9.24. The molecule has 27 heavy (non-hydrogen) atoms. The quantitative estimate of drug-likeness (QED) is 0.715. The van der Waals surface area contributed by atoms with Crippen LogP contribution in [0.15, 0.2) is 41.4 Å². The van der Waals surface area contributed by atoms with Crippen molar-refractivity contribution in [3.8, 4) is 0 Å². The van der Waals surface area contributed by atoms with E-state index in [0.29, 0.717) is 24.3 Å². The molecule has 0 aliphatic heterocycles. The predicted octanol–water partition coefficient (Wildman–Crippen LogP) is 1.84. The summed E-state index contributed by atoms with van der Waals surface area (Å²) in [6, 6.07) is 8.68. The summed E-state index contributed by atoms with van der Waals surface area (Å²) in [7, 11) is -3.68. The topological polar surface area (TPSA) is 99.6 Å². The van der Waals surface area contributed by atoms with E-state index in [1.165, 1.54) is 0 Å². The zero-order valence-electron chi connectivity index (χ0n) is 14.9. The number of carboxylic acid groups (broad SMARTS) is 1. The molecule has 0 spiro atoms. The van der Waals surface area contributed by atoms with Gasteiger partial charge in [0, 0.05) is 30.2 Å². The van der Waals surface area contributed by atoms with Crippen molar-refractivity contribution in [1.29, 1.82) is 0 Å². The van der Waals surface area contributed by atoms with Gasteiger partial charge in [0.1, 0.15) is 4.90 Å². The number of aliphatic carboxylic acids is 1. The summed E-state index contributed by atoms with van der Waals surface area (Å²) in [6.45, 7) is 0.817. The minimum Gasteiger partial charge on any atom is -0.480 e. The summed E-state index contributed by atoms with van der Waals surface area (Å²) in [5.41, 5.74) is 0.463. The highest BCUT2D eigenvalue weighted by atomic mass is 32.2. The second-order valence-corrected chi connectivity index (χ2v) is 9.22. The minimum absolute atomic E-state index is 0.0217. The molecular formula is C19H23N3O4S. The molecule has 1 aromatic carbocycles. The summed E-state index contributed by atoms with van der Waals surface area (Å²) in [5, 5.41) is 9.91. The fourth-order valence-corrected chi connectivity index (χ4v) is 5.15. The molecule has 8 heteroatoms. The number of sulfonamides is 1. The zero-order chi connectivity index (χ0) is 19.0. The molecule has 0 unspecified atom stereocenters. The molecule has 2 aromatic rings. The lowest BCUT2D eigenvalue weighted by molar-refractivity contribution is -0.139. The standard InChI is InChI=1S/C19H23N3O4S/c23-18(24)12-22(11-13-6-7-13)16-9-15(10-16)21-27(25,26)17-5-1-3-14-4-2-8-20-19(14)17/h1-5,8,13,15-16,21H,6-7,9-12H2,(H,23,24). The Balaban J connectivity index is 1.43. The highest BCUT2D eigenvalue weighted by molar-refractivity contribution is 7.89. The second kappa shape index (κ2) is 7.18. The number of hydrogen-bond acceptors (Lipinski definition) is 5. The van der Waals surface area contributed by atoms with Gasteiger partial charge in [-0.05, 0) is 43.7 Å². The summed E-state index contributed by atoms with van der Waals surface area (Å²) >= 11 is 0. The molecule has 0 amide bonds. The SMILES string of the molecule is O=C(O)CN(CC1CC1)C1CC(NS(=O)(=O)c2cccc3cccnc23)C1. The smallest absolute Gasteiger partial charge is 0.317 e. The molecule has 0 atom stereocenters. The van der Waals surface area contributed by atoms with Gasteiger partial charge in [-0.2, -0.15) is 0 Å². The molecule has 2 N–H and O–H groups in total. The minimum atomic E-state index is -3.68. The van der Waals surface area contributed by atoms with E-state index < -0.39 is 16.0 Å². The highest BCUT2D eigenvalue weighted by Gasteiger charge is 2.39. The van der Waals surface area contributed by atoms with E-state index in [1.54, 1.807) is 24.4 Å². The molecule has 2 saturated carbocycles. The van der Waals surface area contributed by atoms with Gasteiger partial charge in [-0.25, -0.2) is 13.1 Å². The molecule has 0 bridgehead atoms. The number of carbonyl (C=O) groups is 1. The van der Waals surface area contributed by atoms with Crippen molar-refractivity contribution >= 4 is 26.9 Å². The first-order chi connectivity index (χ1) is 12.9. The Morgan fingerprint density at radius 3 is 2.67 bits per heavy atom. The van der Waals surface area contributed by atoms with Gasteiger partial charge in [0.05, 0.1) is 12.1 Å². The van der Waals surface area contributed by atoms with Gasteiger partial charge in [0.2, 0.25) is 10.0 Å². The van der Waals surface area contributed by atoms with Crippen LogP contribution in [0, 0.1) is 5.92 Å². The van der Waals surface area contributed by atoms with E-state index in [9.17, 15) is 13.2 Å². The number of rotatable bonds is 8. The third-order valence-electron chi connectivity index (χ3n) is 5.36. The number of pyridine rings is 1. The first kappa shape index (κ1) is 18.3. The van der Waals surface area contributed by atoms with Crippen molar-refractivity contribution in [2.24, 2.45) is 5.92 Å². The zero-order valence-corrected chi connectivity index (χ0v) is 15.7. The van der Waals surface area contributed by atoms with Crippen molar-refractivity contribution in [3.63, 3.8) is 0 Å². The van der Waals surface area contributed by atoms with E-state index in [4.69, 9.17) is 5.11 Å². The predicted molar refractivity (Wildman–Crippen MR) is 101 cm³/mol. The highest BCUT2D eigenvalue weighted by Crippen LogP contribution is 2.34. The van der Waals surface area contributed by atoms with Crippen LogP contribution < -0.4 is 4.72 Å². The second-order valence-electron chi connectivity index (χ2n) is 7.54. The van der Waals surface area contributed by atoms with E-state index in [0.717, 1.165) is 24.8 Å². The van der Waals surface area contributed by atoms with Gasteiger partial charge in [-0.1, -0.05) is 18.2 Å². The van der Waals surface area contributed by atoms with Crippen LogP contribution in [0.2, 0.25) is 0 Å².